The molecule has 1 aliphatic carbocycles. The van der Waals surface area contributed by atoms with Gasteiger partial charge in [-0.3, -0.25) is 14.5 Å². The number of likely N-dealkylation sites (N-methyl/N-ethyl adjacent to an activating group) is 1. The summed E-state index contributed by atoms with van der Waals surface area (Å²) in [6.07, 6.45) is 1.93. The van der Waals surface area contributed by atoms with Crippen molar-refractivity contribution in [3.8, 4) is 0 Å². The molecule has 0 fully saturated rings. The third kappa shape index (κ3) is 2.74. The monoisotopic (exact) mass is 346 g/mol. The number of carbonyl (C=O) groups is 2. The highest BCUT2D eigenvalue weighted by atomic mass is 16.1. The molecule has 0 saturated carbocycles. The zero-order valence-electron chi connectivity index (χ0n) is 14.6. The number of carbonyl (C=O) groups excluding carboxylic acids is 2. The fourth-order valence-corrected chi connectivity index (χ4v) is 3.43. The minimum Gasteiger partial charge on any atom is -0.366 e. The minimum atomic E-state index is -0.184. The summed E-state index contributed by atoms with van der Waals surface area (Å²) in [4.78, 5) is 29.8. The molecular formula is C20H18N4O2. The van der Waals surface area contributed by atoms with Gasteiger partial charge in [0.25, 0.3) is 0 Å². The van der Waals surface area contributed by atoms with Gasteiger partial charge in [0.2, 0.25) is 0 Å². The summed E-state index contributed by atoms with van der Waals surface area (Å²) in [5.74, 6) is -0.333. The number of nitrogens with zero attached hydrogens (tertiary/aromatic N) is 4. The molecule has 2 aromatic carbocycles. The summed E-state index contributed by atoms with van der Waals surface area (Å²) >= 11 is 0. The summed E-state index contributed by atoms with van der Waals surface area (Å²) in [7, 11) is 3.97. The van der Waals surface area contributed by atoms with Crippen LogP contribution in [0.25, 0.3) is 0 Å². The Kier molecular flexibility index (Phi) is 3.97. The first-order chi connectivity index (χ1) is 12.5. The van der Waals surface area contributed by atoms with Crippen molar-refractivity contribution in [1.29, 1.82) is 0 Å². The van der Waals surface area contributed by atoms with Crippen LogP contribution >= 0.6 is 0 Å². The molecular weight excluding hydrogens is 328 g/mol. The van der Waals surface area contributed by atoms with Gasteiger partial charge >= 0.3 is 0 Å². The zero-order chi connectivity index (χ0) is 18.3. The molecule has 1 heterocycles. The first-order valence-corrected chi connectivity index (χ1v) is 8.37. The average molecular weight is 346 g/mol. The lowest BCUT2D eigenvalue weighted by molar-refractivity contribution is 0.0979. The van der Waals surface area contributed by atoms with Crippen molar-refractivity contribution < 1.29 is 9.59 Å². The first kappa shape index (κ1) is 16.4. The van der Waals surface area contributed by atoms with Crippen LogP contribution in [0.1, 0.15) is 31.8 Å². The highest BCUT2D eigenvalue weighted by Crippen LogP contribution is 2.33. The van der Waals surface area contributed by atoms with E-state index >= 15 is 0 Å². The van der Waals surface area contributed by atoms with E-state index in [1.165, 1.54) is 0 Å². The highest BCUT2D eigenvalue weighted by Gasteiger charge is 2.31. The summed E-state index contributed by atoms with van der Waals surface area (Å²) in [6.45, 7) is 1.50. The van der Waals surface area contributed by atoms with Crippen LogP contribution in [0.2, 0.25) is 0 Å². The fraction of sp³-hybridized carbons (Fsp3) is 0.200. The highest BCUT2D eigenvalue weighted by molar-refractivity contribution is 6.29. The Hall–Kier alpha value is -3.12. The second-order valence-electron chi connectivity index (χ2n) is 6.64. The molecule has 2 aromatic rings. The molecule has 0 bridgehead atoms. The molecule has 26 heavy (non-hydrogen) atoms. The van der Waals surface area contributed by atoms with Gasteiger partial charge in [-0.1, -0.05) is 36.4 Å². The third-order valence-electron chi connectivity index (χ3n) is 4.48. The fourth-order valence-electron chi connectivity index (χ4n) is 3.43. The maximum absolute atomic E-state index is 12.9. The van der Waals surface area contributed by atoms with Gasteiger partial charge in [0.1, 0.15) is 0 Å². The zero-order valence-corrected chi connectivity index (χ0v) is 14.6. The van der Waals surface area contributed by atoms with Crippen molar-refractivity contribution in [2.24, 2.45) is 10.2 Å². The molecule has 6 heteroatoms. The van der Waals surface area contributed by atoms with Crippen molar-refractivity contribution in [3.63, 3.8) is 0 Å². The Morgan fingerprint density at radius 3 is 2.27 bits per heavy atom. The SMILES string of the molecule is CN1C=C(N=Nc2cccc3c2C(=O)c2ccccc2C3=O)CN(C)C1. The molecule has 0 amide bonds. The van der Waals surface area contributed by atoms with Crippen LogP contribution in [0, 0.1) is 0 Å². The number of fused-ring (bicyclic) bond motifs is 2. The van der Waals surface area contributed by atoms with Gasteiger partial charge in [0, 0.05) is 36.5 Å². The summed E-state index contributed by atoms with van der Waals surface area (Å²) < 4.78 is 0. The molecule has 130 valence electrons. The van der Waals surface area contributed by atoms with E-state index in [0.717, 1.165) is 12.4 Å². The van der Waals surface area contributed by atoms with Crippen molar-refractivity contribution >= 4 is 17.3 Å². The number of benzene rings is 2. The Morgan fingerprint density at radius 2 is 1.54 bits per heavy atom. The molecule has 0 saturated heterocycles. The molecule has 4 rings (SSSR count). The smallest absolute Gasteiger partial charge is 0.196 e. The molecule has 0 spiro atoms. The van der Waals surface area contributed by atoms with E-state index in [4.69, 9.17) is 0 Å². The van der Waals surface area contributed by atoms with Gasteiger partial charge in [0.05, 0.1) is 23.6 Å². The van der Waals surface area contributed by atoms with E-state index in [-0.39, 0.29) is 11.6 Å². The van der Waals surface area contributed by atoms with Crippen molar-refractivity contribution in [2.75, 3.05) is 27.3 Å². The maximum Gasteiger partial charge on any atom is 0.196 e. The van der Waals surface area contributed by atoms with Gasteiger partial charge in [-0.25, -0.2) is 0 Å². The number of hydrogen-bond acceptors (Lipinski definition) is 6. The molecule has 0 aromatic heterocycles. The average Bonchev–Trinajstić information content (AvgIpc) is 2.63. The second kappa shape index (κ2) is 6.31. The van der Waals surface area contributed by atoms with E-state index < -0.39 is 0 Å². The lowest BCUT2D eigenvalue weighted by Crippen LogP contribution is -2.35. The van der Waals surface area contributed by atoms with Crippen molar-refractivity contribution in [1.82, 2.24) is 9.80 Å². The number of hydrogen-bond donors (Lipinski definition) is 0. The Labute approximate surface area is 151 Å². The predicted octanol–water partition coefficient (Wildman–Crippen LogP) is 3.22. The molecule has 0 unspecified atom stereocenters. The minimum absolute atomic E-state index is 0.149. The normalized spacial score (nSPS) is 17.3. The van der Waals surface area contributed by atoms with Gasteiger partial charge in [0.15, 0.2) is 11.6 Å². The quantitative estimate of drug-likeness (QED) is 0.668. The third-order valence-corrected chi connectivity index (χ3v) is 4.48. The van der Waals surface area contributed by atoms with Crippen LogP contribution in [-0.4, -0.2) is 48.7 Å². The van der Waals surface area contributed by atoms with Gasteiger partial charge in [-0.05, 0) is 13.1 Å². The second-order valence-corrected chi connectivity index (χ2v) is 6.64. The van der Waals surface area contributed by atoms with Crippen molar-refractivity contribution in [3.05, 3.63) is 76.6 Å². The molecule has 1 aliphatic heterocycles. The Balaban J connectivity index is 1.76. The molecule has 2 aliphatic rings. The van der Waals surface area contributed by atoms with Crippen LogP contribution in [0.4, 0.5) is 5.69 Å². The van der Waals surface area contributed by atoms with Gasteiger partial charge < -0.3 is 4.90 Å². The van der Waals surface area contributed by atoms with Crippen LogP contribution in [0.5, 0.6) is 0 Å². The van der Waals surface area contributed by atoms with Gasteiger partial charge in [-0.15, -0.1) is 5.11 Å². The number of rotatable bonds is 2. The standard InChI is InChI=1S/C20H18N4O2/c1-23-10-13(11-24(2)12-23)21-22-17-9-5-8-16-18(17)20(26)15-7-4-3-6-14(15)19(16)25/h3-10H,11-12H2,1-2H3. The molecule has 6 nitrogen and oxygen atoms in total. The lowest BCUT2D eigenvalue weighted by atomic mass is 9.83. The first-order valence-electron chi connectivity index (χ1n) is 8.37. The van der Waals surface area contributed by atoms with Gasteiger partial charge in [-0.2, -0.15) is 5.11 Å². The molecule has 0 atom stereocenters. The van der Waals surface area contributed by atoms with E-state index in [1.807, 2.05) is 25.2 Å². The topological polar surface area (TPSA) is 65.3 Å². The summed E-state index contributed by atoms with van der Waals surface area (Å²) in [5.41, 5.74) is 2.80. The van der Waals surface area contributed by atoms with Crippen LogP contribution in [0.3, 0.4) is 0 Å². The summed E-state index contributed by atoms with van der Waals surface area (Å²) in [6, 6.07) is 12.0. The predicted molar refractivity (Wildman–Crippen MR) is 97.6 cm³/mol. The van der Waals surface area contributed by atoms with E-state index in [0.29, 0.717) is 34.5 Å². The van der Waals surface area contributed by atoms with E-state index in [1.54, 1.807) is 42.5 Å². The van der Waals surface area contributed by atoms with Crippen LogP contribution < -0.4 is 0 Å². The Morgan fingerprint density at radius 1 is 0.846 bits per heavy atom. The van der Waals surface area contributed by atoms with E-state index in [9.17, 15) is 9.59 Å². The lowest BCUT2D eigenvalue weighted by Gasteiger charge is -2.28. The van der Waals surface area contributed by atoms with Crippen molar-refractivity contribution in [2.45, 2.75) is 0 Å². The maximum atomic E-state index is 12.9. The number of ketones is 2. The largest absolute Gasteiger partial charge is 0.366 e. The van der Waals surface area contributed by atoms with Crippen LogP contribution in [0.15, 0.2) is 64.6 Å². The molecule has 0 radical (unpaired) electrons. The summed E-state index contributed by atoms with van der Waals surface area (Å²) in [5, 5.41) is 8.62. The Bertz CT molecular complexity index is 978. The number of azo groups is 1. The van der Waals surface area contributed by atoms with E-state index in [2.05, 4.69) is 15.1 Å². The molecule has 0 N–H and O–H groups in total. The van der Waals surface area contributed by atoms with Crippen LogP contribution in [-0.2, 0) is 0 Å².